The highest BCUT2D eigenvalue weighted by atomic mass is 32.2. The van der Waals surface area contributed by atoms with Crippen molar-refractivity contribution in [2.45, 2.75) is 16.7 Å². The highest BCUT2D eigenvalue weighted by Crippen LogP contribution is 2.26. The standard InChI is InChI=1S/C20H16N2O5S/c1-14-6-8-15(9-7-14)21-20(23)18-4-2-3-5-19(18)28(26,27)17-12-10-16(11-13-17)22(24)25/h2-13H,1H3,(H,21,23). The fourth-order valence-electron chi connectivity index (χ4n) is 2.60. The number of hydrogen-bond donors (Lipinski definition) is 1. The number of carbonyl (C=O) groups is 1. The molecule has 0 fully saturated rings. The maximum atomic E-state index is 13.0. The quantitative estimate of drug-likeness (QED) is 0.518. The summed E-state index contributed by atoms with van der Waals surface area (Å²) in [5.74, 6) is -0.565. The number of nitrogens with one attached hydrogen (secondary N) is 1. The molecule has 0 bridgehead atoms. The van der Waals surface area contributed by atoms with Gasteiger partial charge in [-0.2, -0.15) is 0 Å². The van der Waals surface area contributed by atoms with Gasteiger partial charge in [0.2, 0.25) is 9.84 Å². The van der Waals surface area contributed by atoms with Crippen LogP contribution in [0.5, 0.6) is 0 Å². The zero-order valence-electron chi connectivity index (χ0n) is 14.8. The van der Waals surface area contributed by atoms with Gasteiger partial charge in [-0.3, -0.25) is 14.9 Å². The van der Waals surface area contributed by atoms with Crippen LogP contribution < -0.4 is 5.32 Å². The molecule has 3 rings (SSSR count). The second-order valence-electron chi connectivity index (χ2n) is 6.07. The first-order valence-corrected chi connectivity index (χ1v) is 9.74. The molecule has 0 heterocycles. The summed E-state index contributed by atoms with van der Waals surface area (Å²) in [4.78, 5) is 22.5. The van der Waals surface area contributed by atoms with Crippen molar-refractivity contribution in [3.63, 3.8) is 0 Å². The summed E-state index contributed by atoms with van der Waals surface area (Å²) in [5.41, 5.74) is 1.34. The molecule has 3 aromatic carbocycles. The molecular weight excluding hydrogens is 380 g/mol. The largest absolute Gasteiger partial charge is 0.322 e. The van der Waals surface area contributed by atoms with Gasteiger partial charge in [0.05, 0.1) is 20.3 Å². The lowest BCUT2D eigenvalue weighted by atomic mass is 10.2. The molecule has 0 aliphatic rings. The third-order valence-corrected chi connectivity index (χ3v) is 5.92. The smallest absolute Gasteiger partial charge is 0.269 e. The number of nitro groups is 1. The van der Waals surface area contributed by atoms with E-state index in [2.05, 4.69) is 5.32 Å². The van der Waals surface area contributed by atoms with Crippen molar-refractivity contribution in [2.75, 3.05) is 5.32 Å². The van der Waals surface area contributed by atoms with Gasteiger partial charge in [-0.05, 0) is 43.3 Å². The lowest BCUT2D eigenvalue weighted by molar-refractivity contribution is -0.384. The number of sulfone groups is 1. The van der Waals surface area contributed by atoms with Crippen LogP contribution in [0.4, 0.5) is 11.4 Å². The topological polar surface area (TPSA) is 106 Å². The molecule has 0 radical (unpaired) electrons. The van der Waals surface area contributed by atoms with E-state index in [0.717, 1.165) is 29.8 Å². The van der Waals surface area contributed by atoms with Crippen LogP contribution in [0.3, 0.4) is 0 Å². The van der Waals surface area contributed by atoms with Gasteiger partial charge in [0.15, 0.2) is 0 Å². The maximum Gasteiger partial charge on any atom is 0.269 e. The number of anilines is 1. The summed E-state index contributed by atoms with van der Waals surface area (Å²) < 4.78 is 26.0. The van der Waals surface area contributed by atoms with E-state index in [9.17, 15) is 23.3 Å². The van der Waals surface area contributed by atoms with Crippen LogP contribution in [0.25, 0.3) is 0 Å². The predicted molar refractivity (Wildman–Crippen MR) is 104 cm³/mol. The van der Waals surface area contributed by atoms with Gasteiger partial charge in [-0.1, -0.05) is 29.8 Å². The molecule has 8 heteroatoms. The summed E-state index contributed by atoms with van der Waals surface area (Å²) >= 11 is 0. The fraction of sp³-hybridized carbons (Fsp3) is 0.0500. The Bertz CT molecular complexity index is 1140. The number of amides is 1. The summed E-state index contributed by atoms with van der Waals surface area (Å²) in [6.07, 6.45) is 0. The van der Waals surface area contributed by atoms with Gasteiger partial charge in [0.25, 0.3) is 11.6 Å². The number of aryl methyl sites for hydroxylation is 1. The molecule has 7 nitrogen and oxygen atoms in total. The van der Waals surface area contributed by atoms with E-state index < -0.39 is 20.7 Å². The van der Waals surface area contributed by atoms with Crippen molar-refractivity contribution in [2.24, 2.45) is 0 Å². The zero-order valence-corrected chi connectivity index (χ0v) is 15.6. The SMILES string of the molecule is Cc1ccc(NC(=O)c2ccccc2S(=O)(=O)c2ccc([N+](=O)[O-])cc2)cc1. The molecule has 0 spiro atoms. The van der Waals surface area contributed by atoms with E-state index >= 15 is 0 Å². The van der Waals surface area contributed by atoms with Gasteiger partial charge < -0.3 is 5.32 Å². The number of rotatable bonds is 5. The number of hydrogen-bond acceptors (Lipinski definition) is 5. The molecule has 142 valence electrons. The minimum absolute atomic E-state index is 0.0126. The first-order chi connectivity index (χ1) is 13.3. The van der Waals surface area contributed by atoms with E-state index in [4.69, 9.17) is 0 Å². The molecule has 0 atom stereocenters. The average Bonchev–Trinajstić information content (AvgIpc) is 2.69. The number of nitro benzene ring substituents is 1. The third-order valence-electron chi connectivity index (χ3n) is 4.09. The summed E-state index contributed by atoms with van der Waals surface area (Å²) in [6, 6.07) is 17.5. The first-order valence-electron chi connectivity index (χ1n) is 8.25. The molecular formula is C20H16N2O5S. The lowest BCUT2D eigenvalue weighted by Gasteiger charge is -2.11. The number of nitrogens with zero attached hydrogens (tertiary/aromatic N) is 1. The van der Waals surface area contributed by atoms with Crippen molar-refractivity contribution < 1.29 is 18.1 Å². The Morgan fingerprint density at radius 1 is 0.929 bits per heavy atom. The molecule has 0 saturated heterocycles. The van der Waals surface area contributed by atoms with Gasteiger partial charge in [0.1, 0.15) is 0 Å². The molecule has 3 aromatic rings. The minimum atomic E-state index is -4.04. The Balaban J connectivity index is 1.97. The van der Waals surface area contributed by atoms with Crippen LogP contribution in [-0.4, -0.2) is 19.2 Å². The molecule has 28 heavy (non-hydrogen) atoms. The minimum Gasteiger partial charge on any atom is -0.322 e. The van der Waals surface area contributed by atoms with Crippen LogP contribution in [0.1, 0.15) is 15.9 Å². The summed E-state index contributed by atoms with van der Waals surface area (Å²) in [7, 11) is -4.04. The third kappa shape index (κ3) is 3.91. The van der Waals surface area contributed by atoms with Crippen LogP contribution in [-0.2, 0) is 9.84 Å². The number of non-ortho nitro benzene ring substituents is 1. The first kappa shape index (κ1) is 19.2. The highest BCUT2D eigenvalue weighted by molar-refractivity contribution is 7.91. The van der Waals surface area contributed by atoms with Crippen LogP contribution in [0.15, 0.2) is 82.6 Å². The molecule has 0 aliphatic heterocycles. The number of carbonyl (C=O) groups excluding carboxylic acids is 1. The van der Waals surface area contributed by atoms with Gasteiger partial charge in [-0.25, -0.2) is 8.42 Å². The van der Waals surface area contributed by atoms with E-state index in [1.165, 1.54) is 18.2 Å². The Morgan fingerprint density at radius 2 is 1.54 bits per heavy atom. The Kier molecular flexibility index (Phi) is 5.23. The molecule has 1 N–H and O–H groups in total. The van der Waals surface area contributed by atoms with E-state index in [-0.39, 0.29) is 21.0 Å². The van der Waals surface area contributed by atoms with Gasteiger partial charge in [-0.15, -0.1) is 0 Å². The van der Waals surface area contributed by atoms with Gasteiger partial charge >= 0.3 is 0 Å². The number of benzene rings is 3. The maximum absolute atomic E-state index is 13.0. The Hall–Kier alpha value is -3.52. The highest BCUT2D eigenvalue weighted by Gasteiger charge is 2.25. The second-order valence-corrected chi connectivity index (χ2v) is 7.99. The molecule has 0 aromatic heterocycles. The van der Waals surface area contributed by atoms with E-state index in [1.54, 1.807) is 18.2 Å². The van der Waals surface area contributed by atoms with E-state index in [0.29, 0.717) is 5.69 Å². The predicted octanol–water partition coefficient (Wildman–Crippen LogP) is 3.99. The Labute approximate surface area is 161 Å². The average molecular weight is 396 g/mol. The monoisotopic (exact) mass is 396 g/mol. The van der Waals surface area contributed by atoms with E-state index in [1.807, 2.05) is 19.1 Å². The van der Waals surface area contributed by atoms with Crippen LogP contribution in [0.2, 0.25) is 0 Å². The molecule has 1 amide bonds. The summed E-state index contributed by atoms with van der Waals surface area (Å²) in [5, 5.41) is 13.5. The van der Waals surface area contributed by atoms with Crippen molar-refractivity contribution in [3.8, 4) is 0 Å². The van der Waals surface area contributed by atoms with Crippen LogP contribution in [0, 0.1) is 17.0 Å². The second kappa shape index (κ2) is 7.61. The normalized spacial score (nSPS) is 11.0. The molecule has 0 saturated carbocycles. The molecule has 0 aliphatic carbocycles. The van der Waals surface area contributed by atoms with Crippen molar-refractivity contribution in [3.05, 3.63) is 94.0 Å². The summed E-state index contributed by atoms with van der Waals surface area (Å²) in [6.45, 7) is 1.91. The zero-order chi connectivity index (χ0) is 20.3. The lowest BCUT2D eigenvalue weighted by Crippen LogP contribution is -2.16. The van der Waals surface area contributed by atoms with Crippen LogP contribution >= 0.6 is 0 Å². The molecule has 0 unspecified atom stereocenters. The fourth-order valence-corrected chi connectivity index (χ4v) is 4.05. The van der Waals surface area contributed by atoms with Crippen molar-refractivity contribution >= 4 is 27.1 Å². The van der Waals surface area contributed by atoms with Gasteiger partial charge in [0, 0.05) is 17.8 Å². The van der Waals surface area contributed by atoms with Crippen molar-refractivity contribution in [1.29, 1.82) is 0 Å². The Morgan fingerprint density at radius 3 is 2.14 bits per heavy atom. The van der Waals surface area contributed by atoms with Crippen molar-refractivity contribution in [1.82, 2.24) is 0 Å².